The van der Waals surface area contributed by atoms with E-state index in [1.54, 1.807) is 0 Å². The lowest BCUT2D eigenvalue weighted by atomic mass is 10.1. The molecule has 0 N–H and O–H groups in total. The largest absolute Gasteiger partial charge is 0.475 e. The highest BCUT2D eigenvalue weighted by atomic mass is 32.1. The first-order valence-electron chi connectivity index (χ1n) is 7.72. The summed E-state index contributed by atoms with van der Waals surface area (Å²) in [7, 11) is 0. The predicted molar refractivity (Wildman–Crippen MR) is 84.3 cm³/mol. The fourth-order valence-corrected chi connectivity index (χ4v) is 2.95. The summed E-state index contributed by atoms with van der Waals surface area (Å²) in [6.45, 7) is 8.37. The van der Waals surface area contributed by atoms with Crippen molar-refractivity contribution in [2.24, 2.45) is 0 Å². The highest BCUT2D eigenvalue weighted by Crippen LogP contribution is 2.27. The van der Waals surface area contributed by atoms with Gasteiger partial charge in [-0.15, -0.1) is 4.37 Å². The zero-order valence-corrected chi connectivity index (χ0v) is 13.4. The van der Waals surface area contributed by atoms with Crippen LogP contribution in [0.2, 0.25) is 0 Å². The van der Waals surface area contributed by atoms with Gasteiger partial charge in [-0.3, -0.25) is 4.90 Å². The summed E-state index contributed by atoms with van der Waals surface area (Å²) in [5, 5.41) is 0. The molecular weight excluding hydrogens is 270 g/mol. The fraction of sp³-hybridized carbons (Fsp3) is 0.733. The van der Waals surface area contributed by atoms with Crippen molar-refractivity contribution < 1.29 is 4.74 Å². The number of nitrogens with zero attached hydrogens (tertiary/aromatic N) is 3. The van der Waals surface area contributed by atoms with Crippen molar-refractivity contribution in [3.05, 3.63) is 11.8 Å². The monoisotopic (exact) mass is 295 g/mol. The molecule has 20 heavy (non-hydrogen) atoms. The second-order valence-corrected chi connectivity index (χ2v) is 5.74. The molecule has 0 aromatic carbocycles. The molecule has 4 nitrogen and oxygen atoms in total. The first-order chi connectivity index (χ1) is 9.85. The van der Waals surface area contributed by atoms with E-state index in [4.69, 9.17) is 4.74 Å². The Morgan fingerprint density at radius 1 is 1.25 bits per heavy atom. The Morgan fingerprint density at radius 2 is 2.15 bits per heavy atom. The van der Waals surface area contributed by atoms with Crippen molar-refractivity contribution >= 4 is 17.3 Å². The molecule has 0 saturated heterocycles. The van der Waals surface area contributed by atoms with Crippen molar-refractivity contribution in [2.75, 3.05) is 26.2 Å². The molecule has 0 spiro atoms. The van der Waals surface area contributed by atoms with E-state index in [2.05, 4.69) is 33.6 Å². The zero-order chi connectivity index (χ0) is 14.2. The Kier molecular flexibility index (Phi) is 6.47. The van der Waals surface area contributed by atoms with Gasteiger partial charge in [-0.05, 0) is 25.0 Å². The Bertz CT molecular complexity index is 431. The van der Waals surface area contributed by atoms with Crippen molar-refractivity contribution in [3.8, 4) is 5.88 Å². The lowest BCUT2D eigenvalue weighted by Crippen LogP contribution is -2.29. The molecule has 5 heteroatoms. The standard InChI is InChI=1S/C15H25N3OS/c1-3-5-6-7-11-19-15-14(16-20-17-15)13-9-8-10-18(4-2)12-13/h9H,3-8,10-12H2,1-2H3. The van der Waals surface area contributed by atoms with Gasteiger partial charge in [-0.1, -0.05) is 39.2 Å². The lowest BCUT2D eigenvalue weighted by Gasteiger charge is -2.25. The minimum Gasteiger partial charge on any atom is -0.475 e. The SMILES string of the molecule is CCCCCCOc1nsnc1C1=CCCN(CC)C1. The maximum absolute atomic E-state index is 5.82. The molecule has 0 atom stereocenters. The second-order valence-electron chi connectivity index (χ2n) is 5.21. The number of likely N-dealkylation sites (N-methyl/N-ethyl adjacent to an activating group) is 1. The fourth-order valence-electron chi connectivity index (χ4n) is 2.42. The van der Waals surface area contributed by atoms with Crippen molar-refractivity contribution in [2.45, 2.75) is 46.0 Å². The van der Waals surface area contributed by atoms with Crippen LogP contribution in [0.3, 0.4) is 0 Å². The molecular formula is C15H25N3OS. The third-order valence-corrected chi connectivity index (χ3v) is 4.19. The normalized spacial score (nSPS) is 16.2. The number of unbranched alkanes of at least 4 members (excludes halogenated alkanes) is 3. The van der Waals surface area contributed by atoms with Crippen molar-refractivity contribution in [3.63, 3.8) is 0 Å². The van der Waals surface area contributed by atoms with E-state index in [1.165, 1.54) is 36.6 Å². The molecule has 0 unspecified atom stereocenters. The van der Waals surface area contributed by atoms with Gasteiger partial charge in [0.1, 0.15) is 5.69 Å². The first kappa shape index (κ1) is 15.4. The van der Waals surface area contributed by atoms with Gasteiger partial charge in [-0.25, -0.2) is 0 Å². The van der Waals surface area contributed by atoms with Crippen LogP contribution in [-0.4, -0.2) is 39.9 Å². The van der Waals surface area contributed by atoms with Crippen LogP contribution >= 0.6 is 11.7 Å². The van der Waals surface area contributed by atoms with Gasteiger partial charge in [0, 0.05) is 13.1 Å². The van der Waals surface area contributed by atoms with Crippen LogP contribution < -0.4 is 4.74 Å². The molecule has 0 bridgehead atoms. The molecule has 1 aromatic rings. The molecule has 0 aliphatic carbocycles. The highest BCUT2D eigenvalue weighted by Gasteiger charge is 2.19. The summed E-state index contributed by atoms with van der Waals surface area (Å²) >= 11 is 1.25. The number of hydrogen-bond donors (Lipinski definition) is 0. The van der Waals surface area contributed by atoms with E-state index in [1.807, 2.05) is 0 Å². The Hall–Kier alpha value is -0.940. The molecule has 112 valence electrons. The summed E-state index contributed by atoms with van der Waals surface area (Å²) in [5.41, 5.74) is 2.24. The third-order valence-electron chi connectivity index (χ3n) is 3.68. The summed E-state index contributed by atoms with van der Waals surface area (Å²) in [5.74, 6) is 0.732. The van der Waals surface area contributed by atoms with Crippen molar-refractivity contribution in [1.29, 1.82) is 0 Å². The van der Waals surface area contributed by atoms with E-state index in [0.29, 0.717) is 0 Å². The van der Waals surface area contributed by atoms with E-state index in [9.17, 15) is 0 Å². The number of aromatic nitrogens is 2. The Balaban J connectivity index is 1.89. The Morgan fingerprint density at radius 3 is 2.95 bits per heavy atom. The maximum Gasteiger partial charge on any atom is 0.253 e. The average Bonchev–Trinajstić information content (AvgIpc) is 2.95. The van der Waals surface area contributed by atoms with Gasteiger partial charge in [-0.2, -0.15) is 4.37 Å². The molecule has 1 aliphatic heterocycles. The maximum atomic E-state index is 5.82. The van der Waals surface area contributed by atoms with E-state index in [0.717, 1.165) is 50.7 Å². The molecule has 2 heterocycles. The topological polar surface area (TPSA) is 38.3 Å². The lowest BCUT2D eigenvalue weighted by molar-refractivity contribution is 0.293. The van der Waals surface area contributed by atoms with E-state index < -0.39 is 0 Å². The van der Waals surface area contributed by atoms with Gasteiger partial charge in [0.15, 0.2) is 0 Å². The Labute approximate surface area is 126 Å². The van der Waals surface area contributed by atoms with Gasteiger partial charge >= 0.3 is 0 Å². The minimum absolute atomic E-state index is 0.732. The molecule has 0 saturated carbocycles. The van der Waals surface area contributed by atoms with Crippen LogP contribution in [0.15, 0.2) is 6.08 Å². The zero-order valence-electron chi connectivity index (χ0n) is 12.6. The summed E-state index contributed by atoms with van der Waals surface area (Å²) in [4.78, 5) is 2.43. The summed E-state index contributed by atoms with van der Waals surface area (Å²) in [6, 6.07) is 0. The van der Waals surface area contributed by atoms with Crippen LogP contribution in [0.4, 0.5) is 0 Å². The highest BCUT2D eigenvalue weighted by molar-refractivity contribution is 6.99. The predicted octanol–water partition coefficient (Wildman–Crippen LogP) is 3.61. The second kappa shape index (κ2) is 8.37. The number of hydrogen-bond acceptors (Lipinski definition) is 5. The average molecular weight is 295 g/mol. The van der Waals surface area contributed by atoms with Gasteiger partial charge < -0.3 is 4.74 Å². The molecule has 0 fully saturated rings. The van der Waals surface area contributed by atoms with Gasteiger partial charge in [0.05, 0.1) is 18.3 Å². The van der Waals surface area contributed by atoms with Crippen LogP contribution in [0.1, 0.15) is 51.6 Å². The first-order valence-corrected chi connectivity index (χ1v) is 8.45. The molecule has 1 aliphatic rings. The number of rotatable bonds is 8. The minimum atomic E-state index is 0.732. The van der Waals surface area contributed by atoms with E-state index >= 15 is 0 Å². The van der Waals surface area contributed by atoms with E-state index in [-0.39, 0.29) is 0 Å². The van der Waals surface area contributed by atoms with Crippen LogP contribution in [-0.2, 0) is 0 Å². The quantitative estimate of drug-likeness (QED) is 0.687. The van der Waals surface area contributed by atoms with Crippen LogP contribution in [0.5, 0.6) is 5.88 Å². The smallest absolute Gasteiger partial charge is 0.253 e. The van der Waals surface area contributed by atoms with Crippen LogP contribution in [0, 0.1) is 0 Å². The molecule has 0 radical (unpaired) electrons. The molecule has 1 aromatic heterocycles. The van der Waals surface area contributed by atoms with Gasteiger partial charge in [0.25, 0.3) is 5.88 Å². The summed E-state index contributed by atoms with van der Waals surface area (Å²) < 4.78 is 14.6. The van der Waals surface area contributed by atoms with Crippen LogP contribution in [0.25, 0.3) is 5.57 Å². The summed E-state index contributed by atoms with van der Waals surface area (Å²) in [6.07, 6.45) is 8.25. The van der Waals surface area contributed by atoms with Gasteiger partial charge in [0.2, 0.25) is 0 Å². The van der Waals surface area contributed by atoms with Crippen molar-refractivity contribution in [1.82, 2.24) is 13.6 Å². The molecule has 0 amide bonds. The molecule has 2 rings (SSSR count). The third kappa shape index (κ3) is 4.28. The number of ether oxygens (including phenoxy) is 1.